The van der Waals surface area contributed by atoms with Gasteiger partial charge in [-0.15, -0.1) is 0 Å². The van der Waals surface area contributed by atoms with Crippen molar-refractivity contribution in [1.82, 2.24) is 4.90 Å². The highest BCUT2D eigenvalue weighted by atomic mass is 16.2. The van der Waals surface area contributed by atoms with Crippen LogP contribution in [0.15, 0.2) is 54.6 Å². The molecule has 0 radical (unpaired) electrons. The van der Waals surface area contributed by atoms with Crippen LogP contribution in [-0.2, 0) is 11.3 Å². The van der Waals surface area contributed by atoms with E-state index in [4.69, 9.17) is 5.73 Å². The lowest BCUT2D eigenvalue weighted by Crippen LogP contribution is -2.41. The van der Waals surface area contributed by atoms with Crippen molar-refractivity contribution in [2.24, 2.45) is 17.1 Å². The molecular formula is C26H35N3O2. The summed E-state index contributed by atoms with van der Waals surface area (Å²) in [5, 5.41) is 3.05. The first kappa shape index (κ1) is 23.0. The number of benzene rings is 2. The van der Waals surface area contributed by atoms with Crippen LogP contribution in [0.25, 0.3) is 0 Å². The molecule has 2 amide bonds. The Hall–Kier alpha value is -2.66. The highest BCUT2D eigenvalue weighted by molar-refractivity contribution is 5.94. The molecule has 0 heterocycles. The molecule has 1 aliphatic rings. The van der Waals surface area contributed by atoms with Crippen LogP contribution in [0.5, 0.6) is 0 Å². The van der Waals surface area contributed by atoms with Crippen LogP contribution in [0.4, 0.5) is 5.69 Å². The van der Waals surface area contributed by atoms with Gasteiger partial charge in [0.15, 0.2) is 0 Å². The number of hydrogen-bond donors (Lipinski definition) is 2. The third kappa shape index (κ3) is 6.66. The Morgan fingerprint density at radius 2 is 1.65 bits per heavy atom. The van der Waals surface area contributed by atoms with E-state index in [1.165, 1.54) is 6.42 Å². The fourth-order valence-corrected chi connectivity index (χ4v) is 4.07. The molecule has 1 saturated carbocycles. The van der Waals surface area contributed by atoms with Crippen molar-refractivity contribution < 1.29 is 9.59 Å². The Morgan fingerprint density at radius 3 is 2.26 bits per heavy atom. The number of nitrogens with zero attached hydrogens (tertiary/aromatic N) is 1. The first-order valence-electron chi connectivity index (χ1n) is 11.3. The van der Waals surface area contributed by atoms with Gasteiger partial charge < -0.3 is 16.0 Å². The Bertz CT molecular complexity index is 856. The van der Waals surface area contributed by atoms with Gasteiger partial charge in [0.2, 0.25) is 5.91 Å². The lowest BCUT2D eigenvalue weighted by atomic mass is 9.88. The lowest BCUT2D eigenvalue weighted by molar-refractivity contribution is -0.120. The first-order valence-corrected chi connectivity index (χ1v) is 11.3. The number of anilines is 1. The molecule has 0 bridgehead atoms. The van der Waals surface area contributed by atoms with Crippen LogP contribution in [0.3, 0.4) is 0 Å². The molecule has 5 heteroatoms. The fraction of sp³-hybridized carbons (Fsp3) is 0.462. The number of rotatable bonds is 8. The standard InChI is InChI=1S/C26H35N3O2/c1-26(2,18-27)19-29(25(31)22-11-7-4-8-12-22)17-20-13-15-23(16-14-20)28-24(30)21-9-5-3-6-10-21/h4,7-8,11-16,21H,3,5-6,9-10,17-19,27H2,1-2H3,(H,28,30). The molecule has 0 aliphatic heterocycles. The van der Waals surface area contributed by atoms with Gasteiger partial charge in [0.25, 0.3) is 5.91 Å². The Morgan fingerprint density at radius 1 is 1.00 bits per heavy atom. The van der Waals surface area contributed by atoms with Gasteiger partial charge >= 0.3 is 0 Å². The maximum absolute atomic E-state index is 13.2. The summed E-state index contributed by atoms with van der Waals surface area (Å²) in [5.74, 6) is 0.251. The molecule has 0 unspecified atom stereocenters. The second-order valence-corrected chi connectivity index (χ2v) is 9.42. The van der Waals surface area contributed by atoms with E-state index < -0.39 is 0 Å². The number of nitrogens with one attached hydrogen (secondary N) is 1. The molecule has 1 aliphatic carbocycles. The number of amides is 2. The highest BCUT2D eigenvalue weighted by Gasteiger charge is 2.25. The molecule has 0 saturated heterocycles. The average Bonchev–Trinajstić information content (AvgIpc) is 2.80. The van der Waals surface area contributed by atoms with Gasteiger partial charge in [-0.05, 0) is 54.6 Å². The summed E-state index contributed by atoms with van der Waals surface area (Å²) in [6.07, 6.45) is 5.48. The summed E-state index contributed by atoms with van der Waals surface area (Å²) in [7, 11) is 0. The van der Waals surface area contributed by atoms with Crippen LogP contribution in [0, 0.1) is 11.3 Å². The van der Waals surface area contributed by atoms with Crippen molar-refractivity contribution in [1.29, 1.82) is 0 Å². The zero-order chi connectivity index (χ0) is 22.3. The summed E-state index contributed by atoms with van der Waals surface area (Å²) in [5.41, 5.74) is 8.26. The predicted molar refractivity (Wildman–Crippen MR) is 126 cm³/mol. The van der Waals surface area contributed by atoms with Gasteiger partial charge in [-0.1, -0.05) is 63.4 Å². The van der Waals surface area contributed by atoms with Crippen molar-refractivity contribution >= 4 is 17.5 Å². The Balaban J connectivity index is 1.68. The minimum atomic E-state index is -0.182. The second-order valence-electron chi connectivity index (χ2n) is 9.42. The van der Waals surface area contributed by atoms with E-state index in [0.29, 0.717) is 25.2 Å². The highest BCUT2D eigenvalue weighted by Crippen LogP contribution is 2.25. The maximum Gasteiger partial charge on any atom is 0.254 e. The van der Waals surface area contributed by atoms with Gasteiger partial charge in [0.1, 0.15) is 0 Å². The van der Waals surface area contributed by atoms with Gasteiger partial charge in [0.05, 0.1) is 0 Å². The zero-order valence-electron chi connectivity index (χ0n) is 18.8. The van der Waals surface area contributed by atoms with E-state index in [1.807, 2.05) is 59.5 Å². The predicted octanol–water partition coefficient (Wildman–Crippen LogP) is 4.83. The zero-order valence-corrected chi connectivity index (χ0v) is 18.8. The quantitative estimate of drug-likeness (QED) is 0.641. The molecule has 0 spiro atoms. The molecular weight excluding hydrogens is 386 g/mol. The van der Waals surface area contributed by atoms with Crippen molar-refractivity contribution in [3.63, 3.8) is 0 Å². The summed E-state index contributed by atoms with van der Waals surface area (Å²) in [6, 6.07) is 17.2. The van der Waals surface area contributed by atoms with Gasteiger partial charge in [-0.2, -0.15) is 0 Å². The third-order valence-corrected chi connectivity index (χ3v) is 6.05. The topological polar surface area (TPSA) is 75.4 Å². The van der Waals surface area contributed by atoms with E-state index in [1.54, 1.807) is 0 Å². The number of carbonyl (C=O) groups is 2. The van der Waals surface area contributed by atoms with E-state index in [9.17, 15) is 9.59 Å². The summed E-state index contributed by atoms with van der Waals surface area (Å²) in [4.78, 5) is 27.5. The lowest BCUT2D eigenvalue weighted by Gasteiger charge is -2.32. The van der Waals surface area contributed by atoms with E-state index in [-0.39, 0.29) is 23.1 Å². The van der Waals surface area contributed by atoms with Crippen molar-refractivity contribution in [2.45, 2.75) is 52.5 Å². The fourth-order valence-electron chi connectivity index (χ4n) is 4.07. The summed E-state index contributed by atoms with van der Waals surface area (Å²) < 4.78 is 0. The van der Waals surface area contributed by atoms with Gasteiger partial charge in [-0.3, -0.25) is 9.59 Å². The molecule has 0 aromatic heterocycles. The van der Waals surface area contributed by atoms with Crippen LogP contribution in [-0.4, -0.2) is 29.8 Å². The smallest absolute Gasteiger partial charge is 0.254 e. The van der Waals surface area contributed by atoms with Crippen molar-refractivity contribution in [3.8, 4) is 0 Å². The summed E-state index contributed by atoms with van der Waals surface area (Å²) in [6.45, 7) is 5.70. The van der Waals surface area contributed by atoms with Gasteiger partial charge in [0, 0.05) is 30.3 Å². The number of carbonyl (C=O) groups excluding carboxylic acids is 2. The molecule has 1 fully saturated rings. The monoisotopic (exact) mass is 421 g/mol. The Labute approximate surface area is 186 Å². The van der Waals surface area contributed by atoms with Gasteiger partial charge in [-0.25, -0.2) is 0 Å². The molecule has 0 atom stereocenters. The molecule has 3 rings (SSSR count). The van der Waals surface area contributed by atoms with E-state index in [0.717, 1.165) is 36.9 Å². The largest absolute Gasteiger partial charge is 0.334 e. The van der Waals surface area contributed by atoms with E-state index in [2.05, 4.69) is 19.2 Å². The normalized spacial score (nSPS) is 14.8. The number of hydrogen-bond acceptors (Lipinski definition) is 3. The third-order valence-electron chi connectivity index (χ3n) is 6.05. The maximum atomic E-state index is 13.2. The minimum absolute atomic E-state index is 0.00296. The van der Waals surface area contributed by atoms with Crippen LogP contribution >= 0.6 is 0 Å². The molecule has 166 valence electrons. The first-order chi connectivity index (χ1) is 14.9. The van der Waals surface area contributed by atoms with E-state index >= 15 is 0 Å². The van der Waals surface area contributed by atoms with Crippen LogP contribution in [0.2, 0.25) is 0 Å². The number of nitrogens with two attached hydrogens (primary N) is 1. The van der Waals surface area contributed by atoms with Crippen molar-refractivity contribution in [3.05, 3.63) is 65.7 Å². The molecule has 5 nitrogen and oxygen atoms in total. The molecule has 2 aromatic rings. The SMILES string of the molecule is CC(C)(CN)CN(Cc1ccc(NC(=O)C2CCCCC2)cc1)C(=O)c1ccccc1. The minimum Gasteiger partial charge on any atom is -0.334 e. The average molecular weight is 422 g/mol. The van der Waals surface area contributed by atoms with Crippen LogP contribution < -0.4 is 11.1 Å². The molecule has 3 N–H and O–H groups in total. The summed E-state index contributed by atoms with van der Waals surface area (Å²) >= 11 is 0. The molecule has 2 aromatic carbocycles. The molecule has 31 heavy (non-hydrogen) atoms. The Kier molecular flexibility index (Phi) is 7.85. The second kappa shape index (κ2) is 10.6. The van der Waals surface area contributed by atoms with Crippen LogP contribution in [0.1, 0.15) is 61.9 Å². The van der Waals surface area contributed by atoms with Crippen molar-refractivity contribution in [2.75, 3.05) is 18.4 Å².